The fourth-order valence-corrected chi connectivity index (χ4v) is 5.74. The van der Waals surface area contributed by atoms with E-state index in [-0.39, 0.29) is 24.4 Å². The van der Waals surface area contributed by atoms with Gasteiger partial charge in [0.15, 0.2) is 0 Å². The minimum atomic E-state index is -0.0768. The number of ether oxygens (including phenoxy) is 2. The summed E-state index contributed by atoms with van der Waals surface area (Å²) in [6.45, 7) is 3.64. The van der Waals surface area contributed by atoms with E-state index in [1.165, 1.54) is 26.8 Å². The van der Waals surface area contributed by atoms with Crippen LogP contribution in [-0.4, -0.2) is 69.3 Å². The van der Waals surface area contributed by atoms with E-state index in [9.17, 15) is 4.79 Å². The van der Waals surface area contributed by atoms with Gasteiger partial charge in [-0.05, 0) is 66.9 Å². The summed E-state index contributed by atoms with van der Waals surface area (Å²) in [4.78, 5) is 17.3. The van der Waals surface area contributed by atoms with E-state index >= 15 is 0 Å². The van der Waals surface area contributed by atoms with Gasteiger partial charge in [0.2, 0.25) is 5.91 Å². The highest BCUT2D eigenvalue weighted by atomic mass is 35.5. The van der Waals surface area contributed by atoms with Crippen LogP contribution < -0.4 is 0 Å². The number of allylic oxidation sites excluding steroid dienone is 1. The molecule has 5 nitrogen and oxygen atoms in total. The first-order valence-electron chi connectivity index (χ1n) is 11.5. The maximum atomic E-state index is 12.9. The molecule has 0 bridgehead atoms. The first kappa shape index (κ1) is 25.8. The van der Waals surface area contributed by atoms with Crippen molar-refractivity contribution in [2.45, 2.75) is 38.2 Å². The maximum absolute atomic E-state index is 12.9. The fourth-order valence-electron chi connectivity index (χ4n) is 4.74. The molecule has 1 aliphatic heterocycles. The number of halogens is 1. The maximum Gasteiger partial charge on any atom is 0.226 e. The molecule has 33 heavy (non-hydrogen) atoms. The van der Waals surface area contributed by atoms with Gasteiger partial charge < -0.3 is 19.3 Å². The number of amides is 1. The SMILES string of the molecule is COC1=CC2=C(CC(=O)N(CCCN(C)CCc3csc4ccccc34)CC2)CC1OC.Cl. The second-order valence-corrected chi connectivity index (χ2v) is 9.69. The summed E-state index contributed by atoms with van der Waals surface area (Å²) in [6.07, 6.45) is 6.23. The van der Waals surface area contributed by atoms with Gasteiger partial charge in [0.25, 0.3) is 0 Å². The van der Waals surface area contributed by atoms with Crippen molar-refractivity contribution in [2.75, 3.05) is 47.4 Å². The molecular formula is C26H35ClN2O3S. The third kappa shape index (κ3) is 6.18. The average molecular weight is 491 g/mol. The van der Waals surface area contributed by atoms with Crippen molar-refractivity contribution in [3.05, 3.63) is 58.2 Å². The van der Waals surface area contributed by atoms with Crippen LogP contribution in [0.3, 0.4) is 0 Å². The Balaban J connectivity index is 0.00000306. The number of thiophene rings is 1. The monoisotopic (exact) mass is 490 g/mol. The predicted molar refractivity (Wildman–Crippen MR) is 138 cm³/mol. The van der Waals surface area contributed by atoms with E-state index in [0.717, 1.165) is 57.6 Å². The molecule has 2 heterocycles. The lowest BCUT2D eigenvalue weighted by molar-refractivity contribution is -0.130. The van der Waals surface area contributed by atoms with E-state index in [0.29, 0.717) is 6.42 Å². The fraction of sp³-hybridized carbons (Fsp3) is 0.500. The third-order valence-electron chi connectivity index (χ3n) is 6.70. The molecule has 2 aliphatic rings. The minimum absolute atomic E-state index is 0. The first-order valence-corrected chi connectivity index (χ1v) is 12.4. The number of hydrogen-bond donors (Lipinski definition) is 0. The topological polar surface area (TPSA) is 42.0 Å². The highest BCUT2D eigenvalue weighted by Gasteiger charge is 2.29. The Morgan fingerprint density at radius 3 is 2.82 bits per heavy atom. The Labute approximate surface area is 207 Å². The quantitative estimate of drug-likeness (QED) is 0.493. The van der Waals surface area contributed by atoms with Crippen LogP contribution in [0.5, 0.6) is 0 Å². The van der Waals surface area contributed by atoms with Crippen LogP contribution >= 0.6 is 23.7 Å². The van der Waals surface area contributed by atoms with Crippen LogP contribution in [-0.2, 0) is 20.7 Å². The van der Waals surface area contributed by atoms with Gasteiger partial charge in [0, 0.05) is 44.3 Å². The molecule has 0 radical (unpaired) electrons. The number of hydrogen-bond acceptors (Lipinski definition) is 5. The standard InChI is InChI=1S/C26H34N2O3S.ClH/c1-27(13-9-20-18-32-25-8-5-4-7-22(20)25)11-6-12-28-14-10-19-15-23(30-2)24(31-3)16-21(19)17-26(28)29;/h4-5,7-8,15,18,24H,6,9-14,16-17H2,1-3H3;1H. The number of carbonyl (C=O) groups excluding carboxylic acids is 1. The second-order valence-electron chi connectivity index (χ2n) is 8.78. The second kappa shape index (κ2) is 12.0. The summed E-state index contributed by atoms with van der Waals surface area (Å²) < 4.78 is 12.4. The van der Waals surface area contributed by atoms with E-state index in [1.807, 2.05) is 16.2 Å². The van der Waals surface area contributed by atoms with Crippen molar-refractivity contribution in [2.24, 2.45) is 0 Å². The lowest BCUT2D eigenvalue weighted by atomic mass is 9.91. The summed E-state index contributed by atoms with van der Waals surface area (Å²) in [5.41, 5.74) is 3.91. The lowest BCUT2D eigenvalue weighted by Gasteiger charge is -2.25. The smallest absolute Gasteiger partial charge is 0.226 e. The number of benzene rings is 1. The zero-order valence-corrected chi connectivity index (χ0v) is 21.5. The predicted octanol–water partition coefficient (Wildman–Crippen LogP) is 5.06. The summed E-state index contributed by atoms with van der Waals surface area (Å²) in [5.74, 6) is 1.11. The van der Waals surface area contributed by atoms with Crippen LogP contribution in [0.15, 0.2) is 52.6 Å². The van der Waals surface area contributed by atoms with Crippen LogP contribution in [0.2, 0.25) is 0 Å². The Bertz CT molecular complexity index is 1020. The first-order chi connectivity index (χ1) is 15.6. The number of likely N-dealkylation sites (N-methyl/N-ethyl adjacent to an activating group) is 1. The molecule has 0 saturated heterocycles. The van der Waals surface area contributed by atoms with Gasteiger partial charge in [-0.1, -0.05) is 23.8 Å². The number of nitrogens with zero attached hydrogens (tertiary/aromatic N) is 2. The minimum Gasteiger partial charge on any atom is -0.498 e. The normalized spacial score (nSPS) is 18.8. The highest BCUT2D eigenvalue weighted by molar-refractivity contribution is 7.17. The van der Waals surface area contributed by atoms with Gasteiger partial charge in [0.05, 0.1) is 7.11 Å². The number of rotatable bonds is 9. The molecule has 0 fully saturated rings. The van der Waals surface area contributed by atoms with Crippen molar-refractivity contribution < 1.29 is 14.3 Å². The Morgan fingerprint density at radius 2 is 2.03 bits per heavy atom. The van der Waals surface area contributed by atoms with E-state index in [4.69, 9.17) is 9.47 Å². The lowest BCUT2D eigenvalue weighted by Crippen LogP contribution is -2.34. The van der Waals surface area contributed by atoms with Crippen molar-refractivity contribution in [3.63, 3.8) is 0 Å². The molecule has 180 valence electrons. The van der Waals surface area contributed by atoms with Crippen LogP contribution in [0, 0.1) is 0 Å². The molecule has 1 unspecified atom stereocenters. The largest absolute Gasteiger partial charge is 0.498 e. The van der Waals surface area contributed by atoms with E-state index < -0.39 is 0 Å². The van der Waals surface area contributed by atoms with Crippen LogP contribution in [0.4, 0.5) is 0 Å². The van der Waals surface area contributed by atoms with Crippen molar-refractivity contribution in [1.29, 1.82) is 0 Å². The molecule has 1 aromatic carbocycles. The van der Waals surface area contributed by atoms with Gasteiger partial charge in [-0.25, -0.2) is 0 Å². The molecule has 0 N–H and O–H groups in total. The summed E-state index contributed by atoms with van der Waals surface area (Å²) in [6, 6.07) is 8.64. The van der Waals surface area contributed by atoms with E-state index in [2.05, 4.69) is 47.7 Å². The molecule has 1 atom stereocenters. The Kier molecular flexibility index (Phi) is 9.38. The van der Waals surface area contributed by atoms with Crippen LogP contribution in [0.1, 0.15) is 31.2 Å². The Hall–Kier alpha value is -1.86. The van der Waals surface area contributed by atoms with Gasteiger partial charge in [-0.2, -0.15) is 0 Å². The Morgan fingerprint density at radius 1 is 1.21 bits per heavy atom. The van der Waals surface area contributed by atoms with Crippen molar-refractivity contribution in [1.82, 2.24) is 9.80 Å². The van der Waals surface area contributed by atoms with Gasteiger partial charge in [0.1, 0.15) is 11.9 Å². The molecule has 2 aromatic rings. The molecular weight excluding hydrogens is 456 g/mol. The van der Waals surface area contributed by atoms with Crippen molar-refractivity contribution in [3.8, 4) is 0 Å². The zero-order chi connectivity index (χ0) is 22.5. The van der Waals surface area contributed by atoms with Gasteiger partial charge in [-0.15, -0.1) is 23.7 Å². The van der Waals surface area contributed by atoms with E-state index in [1.54, 1.807) is 14.2 Å². The third-order valence-corrected chi connectivity index (χ3v) is 7.71. The zero-order valence-electron chi connectivity index (χ0n) is 19.8. The number of methoxy groups -OCH3 is 2. The molecule has 7 heteroatoms. The molecule has 0 saturated carbocycles. The van der Waals surface area contributed by atoms with Gasteiger partial charge in [-0.3, -0.25) is 4.79 Å². The highest BCUT2D eigenvalue weighted by Crippen LogP contribution is 2.33. The molecule has 4 rings (SSSR count). The molecule has 1 aromatic heterocycles. The summed E-state index contributed by atoms with van der Waals surface area (Å²) >= 11 is 1.83. The summed E-state index contributed by atoms with van der Waals surface area (Å²) in [7, 11) is 5.57. The molecule has 1 aliphatic carbocycles. The summed E-state index contributed by atoms with van der Waals surface area (Å²) in [5, 5.41) is 3.68. The number of carbonyl (C=O) groups is 1. The average Bonchev–Trinajstić information content (AvgIpc) is 3.16. The van der Waals surface area contributed by atoms with Crippen molar-refractivity contribution >= 4 is 39.7 Å². The molecule has 0 spiro atoms. The van der Waals surface area contributed by atoms with Crippen LogP contribution in [0.25, 0.3) is 10.1 Å². The molecule has 1 amide bonds. The van der Waals surface area contributed by atoms with Gasteiger partial charge >= 0.3 is 0 Å². The number of fused-ring (bicyclic) bond motifs is 1.